The zero-order chi connectivity index (χ0) is 12.7. The summed E-state index contributed by atoms with van der Waals surface area (Å²) in [6.45, 7) is -0.0983. The van der Waals surface area contributed by atoms with Crippen LogP contribution in [0.1, 0.15) is 0 Å². The van der Waals surface area contributed by atoms with Crippen LogP contribution in [-0.4, -0.2) is 29.6 Å². The van der Waals surface area contributed by atoms with E-state index in [0.29, 0.717) is 5.57 Å². The molecule has 17 heavy (non-hydrogen) atoms. The number of allylic oxidation sites excluding steroid dienone is 6. The molecule has 0 saturated heterocycles. The van der Waals surface area contributed by atoms with Crippen LogP contribution in [0.4, 0.5) is 0 Å². The van der Waals surface area contributed by atoms with E-state index in [-0.39, 0.29) is 12.5 Å². The van der Waals surface area contributed by atoms with E-state index in [2.05, 4.69) is 5.32 Å². The Morgan fingerprint density at radius 3 is 2.59 bits per heavy atom. The molecule has 0 radical (unpaired) electrons. The molecule has 4 N–H and O–H groups in total. The lowest BCUT2D eigenvalue weighted by molar-refractivity contribution is -0.138. The Labute approximate surface area is 99.0 Å². The molecular formula is C12H14N2O3. The van der Waals surface area contributed by atoms with E-state index in [0.717, 1.165) is 0 Å². The van der Waals surface area contributed by atoms with Gasteiger partial charge in [0.05, 0.1) is 0 Å². The number of carboxylic acids is 1. The van der Waals surface area contributed by atoms with E-state index in [1.165, 1.54) is 0 Å². The SMILES string of the molecule is N[C@@H](CNC(=O)C1=C/C=C\C=C/C=C1)C(=O)O. The second-order valence-electron chi connectivity index (χ2n) is 3.41. The lowest BCUT2D eigenvalue weighted by Gasteiger charge is -2.08. The predicted molar refractivity (Wildman–Crippen MR) is 64.1 cm³/mol. The summed E-state index contributed by atoms with van der Waals surface area (Å²) >= 11 is 0. The van der Waals surface area contributed by atoms with Gasteiger partial charge in [-0.15, -0.1) is 0 Å². The number of carbonyl (C=O) groups is 2. The fraction of sp³-hybridized carbons (Fsp3) is 0.167. The molecule has 0 saturated carbocycles. The van der Waals surface area contributed by atoms with E-state index in [9.17, 15) is 9.59 Å². The molecule has 90 valence electrons. The van der Waals surface area contributed by atoms with Crippen molar-refractivity contribution >= 4 is 11.9 Å². The highest BCUT2D eigenvalue weighted by Gasteiger charge is 2.13. The maximum Gasteiger partial charge on any atom is 0.322 e. The third-order valence-electron chi connectivity index (χ3n) is 2.06. The van der Waals surface area contributed by atoms with Gasteiger partial charge in [0.15, 0.2) is 0 Å². The van der Waals surface area contributed by atoms with Gasteiger partial charge < -0.3 is 16.2 Å². The van der Waals surface area contributed by atoms with Crippen LogP contribution >= 0.6 is 0 Å². The molecule has 1 aliphatic rings. The lowest BCUT2D eigenvalue weighted by Crippen LogP contribution is -2.42. The Hall–Kier alpha value is -2.14. The molecule has 5 heteroatoms. The van der Waals surface area contributed by atoms with Crippen LogP contribution in [0, 0.1) is 0 Å². The number of nitrogens with two attached hydrogens (primary N) is 1. The third kappa shape index (κ3) is 4.48. The summed E-state index contributed by atoms with van der Waals surface area (Å²) in [7, 11) is 0. The predicted octanol–water partition coefficient (Wildman–Crippen LogP) is 0.123. The Balaban J connectivity index is 2.55. The molecule has 1 aliphatic carbocycles. The lowest BCUT2D eigenvalue weighted by atomic mass is 10.1. The Kier molecular flexibility index (Phi) is 4.90. The van der Waals surface area contributed by atoms with E-state index in [1.807, 2.05) is 6.08 Å². The summed E-state index contributed by atoms with van der Waals surface area (Å²) in [5, 5.41) is 11.0. The summed E-state index contributed by atoms with van der Waals surface area (Å²) in [4.78, 5) is 22.1. The maximum absolute atomic E-state index is 11.7. The van der Waals surface area contributed by atoms with Gasteiger partial charge in [-0.05, 0) is 12.2 Å². The van der Waals surface area contributed by atoms with Gasteiger partial charge in [0.25, 0.3) is 5.91 Å². The van der Waals surface area contributed by atoms with Crippen LogP contribution < -0.4 is 11.1 Å². The average molecular weight is 234 g/mol. The molecule has 0 heterocycles. The van der Waals surface area contributed by atoms with Crippen molar-refractivity contribution in [3.63, 3.8) is 0 Å². The molecule has 0 bridgehead atoms. The summed E-state index contributed by atoms with van der Waals surface area (Å²) < 4.78 is 0. The molecule has 0 spiro atoms. The maximum atomic E-state index is 11.7. The van der Waals surface area contributed by atoms with Crippen molar-refractivity contribution in [3.05, 3.63) is 48.1 Å². The fourth-order valence-electron chi connectivity index (χ4n) is 1.11. The van der Waals surface area contributed by atoms with Crippen LogP contribution in [0.25, 0.3) is 0 Å². The highest BCUT2D eigenvalue weighted by atomic mass is 16.4. The van der Waals surface area contributed by atoms with Gasteiger partial charge >= 0.3 is 5.97 Å². The topological polar surface area (TPSA) is 92.4 Å². The van der Waals surface area contributed by atoms with Crippen molar-refractivity contribution in [1.82, 2.24) is 5.32 Å². The number of nitrogens with one attached hydrogen (secondary N) is 1. The molecule has 0 aromatic heterocycles. The van der Waals surface area contributed by atoms with Gasteiger partial charge in [0, 0.05) is 12.1 Å². The van der Waals surface area contributed by atoms with E-state index in [1.54, 1.807) is 36.5 Å². The number of aliphatic carboxylic acids is 1. The van der Waals surface area contributed by atoms with Crippen molar-refractivity contribution < 1.29 is 14.7 Å². The minimum Gasteiger partial charge on any atom is -0.480 e. The molecule has 0 fully saturated rings. The molecule has 0 aromatic rings. The quantitative estimate of drug-likeness (QED) is 0.644. The summed E-state index contributed by atoms with van der Waals surface area (Å²) in [6, 6.07) is -1.09. The zero-order valence-electron chi connectivity index (χ0n) is 9.17. The van der Waals surface area contributed by atoms with Crippen molar-refractivity contribution in [1.29, 1.82) is 0 Å². The largest absolute Gasteiger partial charge is 0.480 e. The average Bonchev–Trinajstić information content (AvgIpc) is 2.24. The molecule has 0 aromatic carbocycles. The Bertz CT molecular complexity index is 419. The number of carbonyl (C=O) groups excluding carboxylic acids is 1. The third-order valence-corrected chi connectivity index (χ3v) is 2.06. The number of amides is 1. The first-order chi connectivity index (χ1) is 8.11. The number of hydrogen-bond donors (Lipinski definition) is 3. The van der Waals surface area contributed by atoms with Crippen LogP contribution in [0.3, 0.4) is 0 Å². The van der Waals surface area contributed by atoms with Gasteiger partial charge in [-0.2, -0.15) is 0 Å². The van der Waals surface area contributed by atoms with Crippen LogP contribution in [0.15, 0.2) is 48.1 Å². The highest BCUT2D eigenvalue weighted by Crippen LogP contribution is 2.01. The molecule has 1 rings (SSSR count). The molecular weight excluding hydrogens is 220 g/mol. The summed E-state index contributed by atoms with van der Waals surface area (Å²) in [6.07, 6.45) is 12.2. The van der Waals surface area contributed by atoms with Crippen molar-refractivity contribution in [2.24, 2.45) is 5.73 Å². The fourth-order valence-corrected chi connectivity index (χ4v) is 1.11. The molecule has 0 unspecified atom stereocenters. The standard InChI is InChI=1S/C12H14N2O3/c13-10(12(16)17)8-14-11(15)9-6-4-2-1-3-5-7-9/h1-7,10H,8,13H2,(H,14,15)(H,16,17)/b2-1-,3-1?,4-2?,5-3-,6-4?,7-5?,9-6?,9-7?/t10-/m0/s1. The minimum atomic E-state index is -1.14. The van der Waals surface area contributed by atoms with Crippen LogP contribution in [0.2, 0.25) is 0 Å². The van der Waals surface area contributed by atoms with Gasteiger partial charge in [0.2, 0.25) is 0 Å². The first kappa shape index (κ1) is 12.9. The monoisotopic (exact) mass is 234 g/mol. The molecule has 1 amide bonds. The van der Waals surface area contributed by atoms with Crippen molar-refractivity contribution in [2.75, 3.05) is 6.54 Å². The first-order valence-electron chi connectivity index (χ1n) is 5.09. The number of carboxylic acid groups (broad SMARTS) is 1. The van der Waals surface area contributed by atoms with Gasteiger partial charge in [-0.1, -0.05) is 30.4 Å². The molecule has 1 atom stereocenters. The van der Waals surface area contributed by atoms with Crippen LogP contribution in [0.5, 0.6) is 0 Å². The van der Waals surface area contributed by atoms with Crippen molar-refractivity contribution in [2.45, 2.75) is 6.04 Å². The number of rotatable bonds is 4. The van der Waals surface area contributed by atoms with E-state index in [4.69, 9.17) is 10.8 Å². The molecule has 5 nitrogen and oxygen atoms in total. The Morgan fingerprint density at radius 1 is 1.24 bits per heavy atom. The zero-order valence-corrected chi connectivity index (χ0v) is 9.17. The molecule has 0 aliphatic heterocycles. The second kappa shape index (κ2) is 6.44. The van der Waals surface area contributed by atoms with E-state index < -0.39 is 12.0 Å². The normalized spacial score (nSPS) is 19.5. The van der Waals surface area contributed by atoms with E-state index >= 15 is 0 Å². The first-order valence-corrected chi connectivity index (χ1v) is 5.09. The number of hydrogen-bond acceptors (Lipinski definition) is 3. The smallest absolute Gasteiger partial charge is 0.322 e. The van der Waals surface area contributed by atoms with Crippen LogP contribution in [-0.2, 0) is 9.59 Å². The summed E-state index contributed by atoms with van der Waals surface area (Å²) in [5.41, 5.74) is 5.72. The van der Waals surface area contributed by atoms with Gasteiger partial charge in [-0.25, -0.2) is 0 Å². The highest BCUT2D eigenvalue weighted by molar-refractivity contribution is 5.96. The summed E-state index contributed by atoms with van der Waals surface area (Å²) in [5.74, 6) is -1.49. The van der Waals surface area contributed by atoms with Gasteiger partial charge in [0.1, 0.15) is 6.04 Å². The van der Waals surface area contributed by atoms with Crippen molar-refractivity contribution in [3.8, 4) is 0 Å². The Morgan fingerprint density at radius 2 is 1.88 bits per heavy atom. The minimum absolute atomic E-state index is 0.0983. The second-order valence-corrected chi connectivity index (χ2v) is 3.41. The van der Waals surface area contributed by atoms with Gasteiger partial charge in [-0.3, -0.25) is 9.59 Å².